The fraction of sp³-hybridized carbons (Fsp3) is 0.222. The molecule has 3 aromatic rings. The van der Waals surface area contributed by atoms with E-state index in [0.29, 0.717) is 12.2 Å². The lowest BCUT2D eigenvalue weighted by molar-refractivity contribution is 0.0685. The highest BCUT2D eigenvalue weighted by molar-refractivity contribution is 9.10. The second-order valence-corrected chi connectivity index (χ2v) is 6.96. The Bertz CT molecular complexity index is 1040. The zero-order valence-corrected chi connectivity index (χ0v) is 16.6. The van der Waals surface area contributed by atoms with Crippen molar-refractivity contribution in [2.45, 2.75) is 20.4 Å². The van der Waals surface area contributed by atoms with Crippen LogP contribution >= 0.6 is 15.9 Å². The van der Waals surface area contributed by atoms with Crippen LogP contribution in [0.5, 0.6) is 0 Å². The Labute approximate surface area is 163 Å². The number of aromatic nitrogens is 4. The first kappa shape index (κ1) is 18.8. The third-order valence-electron chi connectivity index (χ3n) is 4.09. The Morgan fingerprint density at radius 2 is 2.00 bits per heavy atom. The fourth-order valence-electron chi connectivity index (χ4n) is 2.76. The van der Waals surface area contributed by atoms with Crippen molar-refractivity contribution in [3.05, 3.63) is 63.1 Å². The van der Waals surface area contributed by atoms with Crippen molar-refractivity contribution in [3.8, 4) is 0 Å². The number of hydrogen-bond acceptors (Lipinski definition) is 4. The smallest absolute Gasteiger partial charge is 0.357 e. The third-order valence-corrected chi connectivity index (χ3v) is 5.23. The van der Waals surface area contributed by atoms with E-state index in [1.54, 1.807) is 13.1 Å². The first-order valence-corrected chi connectivity index (χ1v) is 8.92. The number of rotatable bonds is 5. The first-order chi connectivity index (χ1) is 12.8. The van der Waals surface area contributed by atoms with Crippen LogP contribution in [0.25, 0.3) is 0 Å². The lowest BCUT2D eigenvalue weighted by Crippen LogP contribution is -2.15. The average Bonchev–Trinajstić information content (AvgIpc) is 3.12. The number of carbonyl (C=O) groups excluding carboxylic acids is 1. The molecule has 9 heteroatoms. The standard InChI is InChI=1S/C18H18BrN5O3/c1-10-15(19)11(2)24(21-10)8-12-5-4-6-13(7-12)20-17(25)14-9-23(3)22-16(14)18(26)27/h4-7,9H,8H2,1-3H3,(H,20,25)(H,26,27). The minimum atomic E-state index is -1.25. The third kappa shape index (κ3) is 3.92. The molecule has 0 saturated carbocycles. The molecular weight excluding hydrogens is 414 g/mol. The van der Waals surface area contributed by atoms with E-state index in [-0.39, 0.29) is 11.3 Å². The Hall–Kier alpha value is -2.94. The maximum Gasteiger partial charge on any atom is 0.357 e. The number of aromatic carboxylic acids is 1. The molecule has 0 unspecified atom stereocenters. The summed E-state index contributed by atoms with van der Waals surface area (Å²) in [5, 5.41) is 20.2. The highest BCUT2D eigenvalue weighted by Gasteiger charge is 2.21. The quantitative estimate of drug-likeness (QED) is 0.646. The number of amides is 1. The maximum absolute atomic E-state index is 12.5. The molecule has 2 N–H and O–H groups in total. The van der Waals surface area contributed by atoms with Gasteiger partial charge in [-0.25, -0.2) is 4.79 Å². The van der Waals surface area contributed by atoms with Crippen LogP contribution < -0.4 is 5.32 Å². The highest BCUT2D eigenvalue weighted by Crippen LogP contribution is 2.21. The molecule has 0 atom stereocenters. The first-order valence-electron chi connectivity index (χ1n) is 8.13. The van der Waals surface area contributed by atoms with Crippen LogP contribution in [-0.2, 0) is 13.6 Å². The van der Waals surface area contributed by atoms with Gasteiger partial charge >= 0.3 is 5.97 Å². The molecule has 1 aromatic carbocycles. The van der Waals surface area contributed by atoms with Crippen LogP contribution in [-0.4, -0.2) is 36.5 Å². The van der Waals surface area contributed by atoms with Gasteiger partial charge in [0.2, 0.25) is 0 Å². The van der Waals surface area contributed by atoms with Crippen molar-refractivity contribution in [1.82, 2.24) is 19.6 Å². The molecule has 0 aliphatic heterocycles. The summed E-state index contributed by atoms with van der Waals surface area (Å²) in [6.07, 6.45) is 1.38. The van der Waals surface area contributed by atoms with Crippen molar-refractivity contribution >= 4 is 33.5 Å². The Balaban J connectivity index is 1.81. The van der Waals surface area contributed by atoms with Gasteiger partial charge in [-0.2, -0.15) is 10.2 Å². The average molecular weight is 432 g/mol. The highest BCUT2D eigenvalue weighted by atomic mass is 79.9. The van der Waals surface area contributed by atoms with Gasteiger partial charge in [-0.05, 0) is 47.5 Å². The molecular formula is C18H18BrN5O3. The number of anilines is 1. The van der Waals surface area contributed by atoms with Crippen LogP contribution in [0.4, 0.5) is 5.69 Å². The van der Waals surface area contributed by atoms with Gasteiger partial charge in [0.1, 0.15) is 0 Å². The van der Waals surface area contributed by atoms with E-state index in [1.165, 1.54) is 10.9 Å². The molecule has 3 rings (SSSR count). The summed E-state index contributed by atoms with van der Waals surface area (Å²) in [7, 11) is 1.57. The van der Waals surface area contributed by atoms with E-state index < -0.39 is 11.9 Å². The predicted molar refractivity (Wildman–Crippen MR) is 103 cm³/mol. The van der Waals surface area contributed by atoms with Crippen molar-refractivity contribution in [1.29, 1.82) is 0 Å². The summed E-state index contributed by atoms with van der Waals surface area (Å²) in [5.41, 5.74) is 3.18. The van der Waals surface area contributed by atoms with Gasteiger partial charge in [0.15, 0.2) is 5.69 Å². The zero-order valence-electron chi connectivity index (χ0n) is 15.0. The minimum absolute atomic E-state index is 0.0119. The predicted octanol–water partition coefficient (Wildman–Crippen LogP) is 2.99. The number of benzene rings is 1. The van der Waals surface area contributed by atoms with E-state index in [9.17, 15) is 14.7 Å². The second-order valence-electron chi connectivity index (χ2n) is 6.17. The van der Waals surface area contributed by atoms with Crippen molar-refractivity contribution in [2.75, 3.05) is 5.32 Å². The molecule has 1 amide bonds. The summed E-state index contributed by atoms with van der Waals surface area (Å²) < 4.78 is 4.16. The Morgan fingerprint density at radius 1 is 1.26 bits per heavy atom. The van der Waals surface area contributed by atoms with Gasteiger partial charge in [-0.15, -0.1) is 0 Å². The molecule has 0 bridgehead atoms. The van der Waals surface area contributed by atoms with E-state index in [0.717, 1.165) is 21.4 Å². The number of carbonyl (C=O) groups is 2. The molecule has 0 aliphatic rings. The van der Waals surface area contributed by atoms with Crippen molar-refractivity contribution < 1.29 is 14.7 Å². The number of carboxylic acids is 1. The molecule has 0 fully saturated rings. The lowest BCUT2D eigenvalue weighted by atomic mass is 10.2. The largest absolute Gasteiger partial charge is 0.476 e. The number of nitrogens with one attached hydrogen (secondary N) is 1. The molecule has 140 valence electrons. The Kier molecular flexibility index (Phi) is 5.13. The summed E-state index contributed by atoms with van der Waals surface area (Å²) in [4.78, 5) is 23.7. The van der Waals surface area contributed by atoms with E-state index >= 15 is 0 Å². The molecule has 27 heavy (non-hydrogen) atoms. The van der Waals surface area contributed by atoms with Crippen LogP contribution in [0, 0.1) is 13.8 Å². The fourth-order valence-corrected chi connectivity index (χ4v) is 3.04. The van der Waals surface area contributed by atoms with Crippen LogP contribution in [0.2, 0.25) is 0 Å². The van der Waals surface area contributed by atoms with Crippen LogP contribution in [0.3, 0.4) is 0 Å². The van der Waals surface area contributed by atoms with E-state index in [1.807, 2.05) is 36.7 Å². The topological polar surface area (TPSA) is 102 Å². The van der Waals surface area contributed by atoms with Gasteiger partial charge in [0.05, 0.1) is 28.0 Å². The number of carboxylic acid groups (broad SMARTS) is 1. The number of aryl methyl sites for hydroxylation is 2. The normalized spacial score (nSPS) is 10.8. The molecule has 2 aromatic heterocycles. The maximum atomic E-state index is 12.5. The lowest BCUT2D eigenvalue weighted by Gasteiger charge is -2.08. The number of nitrogens with zero attached hydrogens (tertiary/aromatic N) is 4. The van der Waals surface area contributed by atoms with Gasteiger partial charge in [-0.3, -0.25) is 14.2 Å². The molecule has 0 aliphatic carbocycles. The zero-order chi connectivity index (χ0) is 19.7. The molecule has 0 spiro atoms. The molecule has 0 saturated heterocycles. The monoisotopic (exact) mass is 431 g/mol. The van der Waals surface area contributed by atoms with E-state index in [4.69, 9.17) is 0 Å². The van der Waals surface area contributed by atoms with Gasteiger partial charge in [-0.1, -0.05) is 12.1 Å². The molecule has 2 heterocycles. The van der Waals surface area contributed by atoms with Crippen LogP contribution in [0.15, 0.2) is 34.9 Å². The number of hydrogen-bond donors (Lipinski definition) is 2. The summed E-state index contributed by atoms with van der Waals surface area (Å²) in [6.45, 7) is 4.46. The second kappa shape index (κ2) is 7.36. The Morgan fingerprint density at radius 3 is 2.63 bits per heavy atom. The van der Waals surface area contributed by atoms with Gasteiger partial charge in [0, 0.05) is 18.9 Å². The molecule has 8 nitrogen and oxygen atoms in total. The van der Waals surface area contributed by atoms with Gasteiger partial charge < -0.3 is 10.4 Å². The minimum Gasteiger partial charge on any atom is -0.476 e. The summed E-state index contributed by atoms with van der Waals surface area (Å²) >= 11 is 3.51. The van der Waals surface area contributed by atoms with E-state index in [2.05, 4.69) is 31.4 Å². The molecule has 0 radical (unpaired) electrons. The van der Waals surface area contributed by atoms with Gasteiger partial charge in [0.25, 0.3) is 5.91 Å². The van der Waals surface area contributed by atoms with Crippen molar-refractivity contribution in [3.63, 3.8) is 0 Å². The summed E-state index contributed by atoms with van der Waals surface area (Å²) in [6, 6.07) is 7.34. The number of halogens is 1. The van der Waals surface area contributed by atoms with Crippen LogP contribution in [0.1, 0.15) is 37.8 Å². The van der Waals surface area contributed by atoms with Crippen molar-refractivity contribution in [2.24, 2.45) is 7.05 Å². The SMILES string of the molecule is Cc1nn(Cc2cccc(NC(=O)c3cn(C)nc3C(=O)O)c2)c(C)c1Br. The summed E-state index contributed by atoms with van der Waals surface area (Å²) in [5.74, 6) is -1.77.